The summed E-state index contributed by atoms with van der Waals surface area (Å²) >= 11 is 0. The number of hydrogen-bond donors (Lipinski definition) is 0. The number of rotatable bonds is 16. The lowest BCUT2D eigenvalue weighted by atomic mass is 10.1. The maximum absolute atomic E-state index is 5.21. The monoisotopic (exact) mass is 294 g/mol. The van der Waals surface area contributed by atoms with E-state index in [2.05, 4.69) is 19.1 Å². The molecule has 1 heteroatoms. The summed E-state index contributed by atoms with van der Waals surface area (Å²) in [5.74, 6) is 0. The first kappa shape index (κ1) is 18.7. The third-order valence-corrected chi connectivity index (χ3v) is 4.44. The molecule has 1 saturated heterocycles. The number of allylic oxidation sites excluding steroid dienone is 2. The molecule has 1 atom stereocenters. The van der Waals surface area contributed by atoms with Gasteiger partial charge < -0.3 is 4.74 Å². The van der Waals surface area contributed by atoms with Gasteiger partial charge in [-0.3, -0.25) is 0 Å². The second-order valence-electron chi connectivity index (χ2n) is 6.68. The van der Waals surface area contributed by atoms with Gasteiger partial charge in [0.2, 0.25) is 0 Å². The van der Waals surface area contributed by atoms with Crippen LogP contribution in [0, 0.1) is 0 Å². The lowest BCUT2D eigenvalue weighted by molar-refractivity contribution is 0.392. The molecule has 1 nitrogen and oxygen atoms in total. The summed E-state index contributed by atoms with van der Waals surface area (Å²) in [6.07, 6.45) is 26.3. The van der Waals surface area contributed by atoms with Gasteiger partial charge in [0.05, 0.1) is 12.7 Å². The molecule has 1 aliphatic heterocycles. The lowest BCUT2D eigenvalue weighted by Gasteiger charge is -2.01. The molecule has 0 N–H and O–H groups in total. The molecule has 0 bridgehead atoms. The molecule has 21 heavy (non-hydrogen) atoms. The van der Waals surface area contributed by atoms with Gasteiger partial charge in [-0.15, -0.1) is 0 Å². The van der Waals surface area contributed by atoms with E-state index >= 15 is 0 Å². The summed E-state index contributed by atoms with van der Waals surface area (Å²) < 4.78 is 5.21. The minimum Gasteiger partial charge on any atom is -0.373 e. The van der Waals surface area contributed by atoms with Gasteiger partial charge in [-0.05, 0) is 32.1 Å². The number of ether oxygens (including phenoxy) is 1. The van der Waals surface area contributed by atoms with Gasteiger partial charge in [0, 0.05) is 0 Å². The Morgan fingerprint density at radius 1 is 0.714 bits per heavy atom. The largest absolute Gasteiger partial charge is 0.373 e. The van der Waals surface area contributed by atoms with Crippen molar-refractivity contribution in [3.8, 4) is 0 Å². The highest BCUT2D eigenvalue weighted by Gasteiger charge is 2.20. The third kappa shape index (κ3) is 14.4. The van der Waals surface area contributed by atoms with Crippen molar-refractivity contribution in [1.82, 2.24) is 0 Å². The van der Waals surface area contributed by atoms with E-state index in [0.717, 1.165) is 6.61 Å². The zero-order valence-corrected chi connectivity index (χ0v) is 14.5. The van der Waals surface area contributed by atoms with Gasteiger partial charge in [0.1, 0.15) is 0 Å². The maximum Gasteiger partial charge on any atom is 0.0810 e. The fourth-order valence-corrected chi connectivity index (χ4v) is 2.86. The molecule has 1 heterocycles. The Bertz CT molecular complexity index is 230. The second kappa shape index (κ2) is 14.6. The minimum atomic E-state index is 0.616. The molecular formula is C20H38O. The fraction of sp³-hybridized carbons (Fsp3) is 0.900. The van der Waals surface area contributed by atoms with Crippen LogP contribution in [0.3, 0.4) is 0 Å². The van der Waals surface area contributed by atoms with E-state index in [-0.39, 0.29) is 0 Å². The normalized spacial score (nSPS) is 17.7. The molecule has 1 unspecified atom stereocenters. The quantitative estimate of drug-likeness (QED) is 0.173. The van der Waals surface area contributed by atoms with Gasteiger partial charge in [-0.1, -0.05) is 83.3 Å². The van der Waals surface area contributed by atoms with Crippen molar-refractivity contribution >= 4 is 0 Å². The summed E-state index contributed by atoms with van der Waals surface area (Å²) in [7, 11) is 0. The molecule has 0 radical (unpaired) electrons. The van der Waals surface area contributed by atoms with E-state index in [1.807, 2.05) is 0 Å². The summed E-state index contributed by atoms with van der Waals surface area (Å²) in [6, 6.07) is 0. The Balaban J connectivity index is 1.65. The van der Waals surface area contributed by atoms with Crippen LogP contribution in [0.1, 0.15) is 103 Å². The number of epoxide rings is 1. The van der Waals surface area contributed by atoms with Crippen LogP contribution in [0.15, 0.2) is 12.2 Å². The maximum atomic E-state index is 5.21. The van der Waals surface area contributed by atoms with Gasteiger partial charge in [0.15, 0.2) is 0 Å². The highest BCUT2D eigenvalue weighted by atomic mass is 16.6. The smallest absolute Gasteiger partial charge is 0.0810 e. The van der Waals surface area contributed by atoms with E-state index in [9.17, 15) is 0 Å². The van der Waals surface area contributed by atoms with Gasteiger partial charge in [-0.25, -0.2) is 0 Å². The van der Waals surface area contributed by atoms with E-state index in [1.54, 1.807) is 0 Å². The van der Waals surface area contributed by atoms with Crippen molar-refractivity contribution in [2.45, 2.75) is 109 Å². The molecule has 1 aliphatic rings. The molecule has 0 spiro atoms. The molecule has 0 aromatic carbocycles. The van der Waals surface area contributed by atoms with E-state index in [4.69, 9.17) is 4.74 Å². The first-order valence-corrected chi connectivity index (χ1v) is 9.70. The molecular weight excluding hydrogens is 256 g/mol. The van der Waals surface area contributed by atoms with Crippen LogP contribution >= 0.6 is 0 Å². The second-order valence-corrected chi connectivity index (χ2v) is 6.68. The zero-order chi connectivity index (χ0) is 15.0. The summed E-state index contributed by atoms with van der Waals surface area (Å²) in [5, 5.41) is 0. The van der Waals surface area contributed by atoms with E-state index < -0.39 is 0 Å². The van der Waals surface area contributed by atoms with Gasteiger partial charge in [0.25, 0.3) is 0 Å². The Kier molecular flexibility index (Phi) is 13.1. The average molecular weight is 295 g/mol. The van der Waals surface area contributed by atoms with Crippen molar-refractivity contribution < 1.29 is 4.74 Å². The SMILES string of the molecule is CCCCCCCCCCCCC/C=C\CCCC1CO1. The molecule has 0 aromatic rings. The topological polar surface area (TPSA) is 12.5 Å². The first-order chi connectivity index (χ1) is 10.4. The average Bonchev–Trinajstić information content (AvgIpc) is 3.31. The highest BCUT2D eigenvalue weighted by Crippen LogP contribution is 2.16. The first-order valence-electron chi connectivity index (χ1n) is 9.70. The predicted molar refractivity (Wildman–Crippen MR) is 93.8 cm³/mol. The molecule has 0 saturated carbocycles. The summed E-state index contributed by atoms with van der Waals surface area (Å²) in [6.45, 7) is 3.31. The van der Waals surface area contributed by atoms with Crippen molar-refractivity contribution in [2.75, 3.05) is 6.61 Å². The molecule has 124 valence electrons. The highest BCUT2D eigenvalue weighted by molar-refractivity contribution is 4.82. The van der Waals surface area contributed by atoms with Crippen LogP contribution in [0.5, 0.6) is 0 Å². The van der Waals surface area contributed by atoms with Crippen LogP contribution < -0.4 is 0 Å². The van der Waals surface area contributed by atoms with Gasteiger partial charge in [-0.2, -0.15) is 0 Å². The van der Waals surface area contributed by atoms with E-state index in [1.165, 1.54) is 96.3 Å². The van der Waals surface area contributed by atoms with Crippen LogP contribution in [-0.2, 0) is 4.74 Å². The van der Waals surface area contributed by atoms with Crippen LogP contribution in [-0.4, -0.2) is 12.7 Å². The summed E-state index contributed by atoms with van der Waals surface area (Å²) in [5.41, 5.74) is 0. The number of hydrogen-bond acceptors (Lipinski definition) is 1. The Morgan fingerprint density at radius 2 is 1.19 bits per heavy atom. The molecule has 0 amide bonds. The van der Waals surface area contributed by atoms with Crippen molar-refractivity contribution in [1.29, 1.82) is 0 Å². The zero-order valence-electron chi connectivity index (χ0n) is 14.5. The Morgan fingerprint density at radius 3 is 1.71 bits per heavy atom. The number of unbranched alkanes of at least 4 members (excludes halogenated alkanes) is 12. The van der Waals surface area contributed by atoms with Crippen molar-refractivity contribution in [3.63, 3.8) is 0 Å². The lowest BCUT2D eigenvalue weighted by Crippen LogP contribution is -1.83. The molecule has 0 aromatic heterocycles. The van der Waals surface area contributed by atoms with E-state index in [0.29, 0.717) is 6.10 Å². The standard InChI is InChI=1S/C20H38O/c1-2-3-4-5-6-7-8-9-10-11-12-13-14-15-16-17-18-20-19-21-20/h14-15,20H,2-13,16-19H2,1H3/b15-14-. The van der Waals surface area contributed by atoms with Crippen molar-refractivity contribution in [2.24, 2.45) is 0 Å². The van der Waals surface area contributed by atoms with Crippen LogP contribution in [0.2, 0.25) is 0 Å². The minimum absolute atomic E-state index is 0.616. The molecule has 1 fully saturated rings. The summed E-state index contributed by atoms with van der Waals surface area (Å²) in [4.78, 5) is 0. The van der Waals surface area contributed by atoms with Gasteiger partial charge >= 0.3 is 0 Å². The Labute approximate surface area is 133 Å². The fourth-order valence-electron chi connectivity index (χ4n) is 2.86. The van der Waals surface area contributed by atoms with Crippen LogP contribution in [0.4, 0.5) is 0 Å². The van der Waals surface area contributed by atoms with Crippen LogP contribution in [0.25, 0.3) is 0 Å². The predicted octanol–water partition coefficient (Wildman–Crippen LogP) is 6.81. The third-order valence-electron chi connectivity index (χ3n) is 4.44. The van der Waals surface area contributed by atoms with Crippen molar-refractivity contribution in [3.05, 3.63) is 12.2 Å². The molecule has 0 aliphatic carbocycles. The molecule has 1 rings (SSSR count). The Hall–Kier alpha value is -0.300.